The molecule has 0 bridgehead atoms. The van der Waals surface area contributed by atoms with Gasteiger partial charge in [0.05, 0.1) is 19.1 Å². The van der Waals surface area contributed by atoms with E-state index >= 15 is 0 Å². The molecular weight excluding hydrogens is 352 g/mol. The Labute approximate surface area is 155 Å². The first-order valence-electron chi connectivity index (χ1n) is 7.86. The van der Waals surface area contributed by atoms with Crippen LogP contribution in [0.15, 0.2) is 64.9 Å². The zero-order chi connectivity index (χ0) is 18.4. The van der Waals surface area contributed by atoms with Crippen molar-refractivity contribution in [3.05, 3.63) is 55.3 Å². The first-order chi connectivity index (χ1) is 12.7. The monoisotopic (exact) mass is 370 g/mol. The number of carbonyl (C=O) groups excluding carboxylic acids is 1. The lowest BCUT2D eigenvalue weighted by Gasteiger charge is -2.08. The summed E-state index contributed by atoms with van der Waals surface area (Å²) < 4.78 is 12.4. The van der Waals surface area contributed by atoms with Crippen LogP contribution in [0.25, 0.3) is 11.6 Å². The number of nitrogens with zero attached hydrogens (tertiary/aromatic N) is 3. The van der Waals surface area contributed by atoms with Gasteiger partial charge in [0.15, 0.2) is 10.9 Å². The van der Waals surface area contributed by atoms with E-state index in [2.05, 4.69) is 22.1 Å². The Balaban J connectivity index is 1.67. The highest BCUT2D eigenvalue weighted by Gasteiger charge is 2.16. The predicted molar refractivity (Wildman–Crippen MR) is 100 cm³/mol. The summed E-state index contributed by atoms with van der Waals surface area (Å²) in [6, 6.07) is 10.8. The fourth-order valence-corrected chi connectivity index (χ4v) is 3.05. The summed E-state index contributed by atoms with van der Waals surface area (Å²) in [6.07, 6.45) is 3.33. The largest absolute Gasteiger partial charge is 0.497 e. The lowest BCUT2D eigenvalue weighted by molar-refractivity contribution is -0.113. The van der Waals surface area contributed by atoms with Crippen molar-refractivity contribution in [3.8, 4) is 17.3 Å². The molecule has 3 aromatic rings. The minimum absolute atomic E-state index is 0.143. The third-order valence-electron chi connectivity index (χ3n) is 3.46. The number of thioether (sulfide) groups is 1. The Morgan fingerprint density at radius 2 is 2.27 bits per heavy atom. The first kappa shape index (κ1) is 17.8. The van der Waals surface area contributed by atoms with Gasteiger partial charge in [-0.05, 0) is 24.3 Å². The molecule has 0 radical (unpaired) electrons. The van der Waals surface area contributed by atoms with E-state index in [0.717, 1.165) is 0 Å². The van der Waals surface area contributed by atoms with E-state index in [-0.39, 0.29) is 11.7 Å². The Morgan fingerprint density at radius 3 is 3.00 bits per heavy atom. The predicted octanol–water partition coefficient (Wildman–Crippen LogP) is 3.46. The summed E-state index contributed by atoms with van der Waals surface area (Å²) in [5, 5.41) is 11.8. The normalized spacial score (nSPS) is 10.5. The van der Waals surface area contributed by atoms with Crippen LogP contribution in [0.2, 0.25) is 0 Å². The van der Waals surface area contributed by atoms with Gasteiger partial charge in [0.1, 0.15) is 5.75 Å². The van der Waals surface area contributed by atoms with E-state index in [1.165, 1.54) is 11.8 Å². The van der Waals surface area contributed by atoms with Crippen molar-refractivity contribution in [2.45, 2.75) is 11.7 Å². The van der Waals surface area contributed by atoms with E-state index in [0.29, 0.717) is 34.7 Å². The lowest BCUT2D eigenvalue weighted by Crippen LogP contribution is -2.14. The number of hydrogen-bond acceptors (Lipinski definition) is 6. The van der Waals surface area contributed by atoms with Crippen LogP contribution in [0, 0.1) is 0 Å². The number of amides is 1. The third kappa shape index (κ3) is 4.15. The summed E-state index contributed by atoms with van der Waals surface area (Å²) in [4.78, 5) is 12.2. The summed E-state index contributed by atoms with van der Waals surface area (Å²) in [7, 11) is 1.58. The van der Waals surface area contributed by atoms with E-state index in [4.69, 9.17) is 9.15 Å². The van der Waals surface area contributed by atoms with Gasteiger partial charge in [0, 0.05) is 18.3 Å². The molecule has 3 rings (SSSR count). The number of aromatic nitrogens is 3. The molecule has 0 aliphatic rings. The molecule has 134 valence electrons. The maximum absolute atomic E-state index is 12.2. The number of benzene rings is 1. The van der Waals surface area contributed by atoms with Crippen LogP contribution in [-0.2, 0) is 11.3 Å². The van der Waals surface area contributed by atoms with Crippen molar-refractivity contribution in [2.75, 3.05) is 18.2 Å². The molecule has 1 N–H and O–H groups in total. The number of rotatable bonds is 8. The second-order valence-electron chi connectivity index (χ2n) is 5.25. The highest BCUT2D eigenvalue weighted by molar-refractivity contribution is 7.99. The van der Waals surface area contributed by atoms with E-state index in [1.54, 1.807) is 37.6 Å². The Kier molecular flexibility index (Phi) is 5.75. The molecule has 1 aromatic carbocycles. The molecule has 26 heavy (non-hydrogen) atoms. The zero-order valence-corrected chi connectivity index (χ0v) is 15.0. The third-order valence-corrected chi connectivity index (χ3v) is 4.42. The molecule has 2 heterocycles. The Morgan fingerprint density at radius 1 is 1.38 bits per heavy atom. The molecule has 0 spiro atoms. The van der Waals surface area contributed by atoms with Gasteiger partial charge in [0.2, 0.25) is 11.7 Å². The van der Waals surface area contributed by atoms with Gasteiger partial charge in [-0.1, -0.05) is 23.9 Å². The van der Waals surface area contributed by atoms with Gasteiger partial charge in [-0.25, -0.2) is 0 Å². The molecular formula is C18H18N4O3S. The van der Waals surface area contributed by atoms with Gasteiger partial charge in [0.25, 0.3) is 0 Å². The topological polar surface area (TPSA) is 82.2 Å². The zero-order valence-electron chi connectivity index (χ0n) is 14.2. The fraction of sp³-hybridized carbons (Fsp3) is 0.167. The molecule has 0 saturated carbocycles. The summed E-state index contributed by atoms with van der Waals surface area (Å²) in [6.45, 7) is 4.28. The summed E-state index contributed by atoms with van der Waals surface area (Å²) in [5.41, 5.74) is 0.679. The van der Waals surface area contributed by atoms with Crippen molar-refractivity contribution in [2.24, 2.45) is 0 Å². The van der Waals surface area contributed by atoms with Crippen LogP contribution in [0.4, 0.5) is 5.69 Å². The average molecular weight is 370 g/mol. The summed E-state index contributed by atoms with van der Waals surface area (Å²) >= 11 is 1.30. The van der Waals surface area contributed by atoms with Crippen LogP contribution >= 0.6 is 11.8 Å². The SMILES string of the molecule is C=CCn1c(SCC(=O)Nc2cccc(OC)c2)nnc1-c1ccco1. The minimum Gasteiger partial charge on any atom is -0.497 e. The van der Waals surface area contributed by atoms with Crippen molar-refractivity contribution < 1.29 is 13.9 Å². The number of methoxy groups -OCH3 is 1. The number of anilines is 1. The summed E-state index contributed by atoms with van der Waals surface area (Å²) in [5.74, 6) is 1.96. The van der Waals surface area contributed by atoms with Gasteiger partial charge in [-0.15, -0.1) is 16.8 Å². The molecule has 7 nitrogen and oxygen atoms in total. The number of nitrogens with one attached hydrogen (secondary N) is 1. The van der Waals surface area contributed by atoms with Crippen molar-refractivity contribution in [1.29, 1.82) is 0 Å². The maximum Gasteiger partial charge on any atom is 0.234 e. The fourth-order valence-electron chi connectivity index (χ4n) is 2.31. The van der Waals surface area contributed by atoms with Crippen LogP contribution in [0.5, 0.6) is 5.75 Å². The number of allylic oxidation sites excluding steroid dienone is 1. The second-order valence-corrected chi connectivity index (χ2v) is 6.19. The molecule has 2 aromatic heterocycles. The number of carbonyl (C=O) groups is 1. The first-order valence-corrected chi connectivity index (χ1v) is 8.84. The quantitative estimate of drug-likeness (QED) is 0.483. The molecule has 0 unspecified atom stereocenters. The molecule has 0 saturated heterocycles. The molecule has 1 amide bonds. The van der Waals surface area contributed by atoms with Crippen molar-refractivity contribution >= 4 is 23.4 Å². The standard InChI is InChI=1S/C18H18N4O3S/c1-3-9-22-17(15-8-5-10-25-15)20-21-18(22)26-12-16(23)19-13-6-4-7-14(11-13)24-2/h3-8,10-11H,1,9,12H2,2H3,(H,19,23). The lowest BCUT2D eigenvalue weighted by atomic mass is 10.3. The van der Waals surface area contributed by atoms with Crippen molar-refractivity contribution in [3.63, 3.8) is 0 Å². The minimum atomic E-state index is -0.143. The Bertz CT molecular complexity index is 890. The number of hydrogen-bond donors (Lipinski definition) is 1. The van der Waals surface area contributed by atoms with E-state index in [9.17, 15) is 4.79 Å². The van der Waals surface area contributed by atoms with Crippen LogP contribution < -0.4 is 10.1 Å². The van der Waals surface area contributed by atoms with Crippen molar-refractivity contribution in [1.82, 2.24) is 14.8 Å². The van der Waals surface area contributed by atoms with Gasteiger partial charge in [-0.2, -0.15) is 0 Å². The number of furan rings is 1. The second kappa shape index (κ2) is 8.39. The molecule has 0 aliphatic heterocycles. The maximum atomic E-state index is 12.2. The van der Waals surface area contributed by atoms with E-state index < -0.39 is 0 Å². The van der Waals surface area contributed by atoms with Gasteiger partial charge < -0.3 is 14.5 Å². The van der Waals surface area contributed by atoms with E-state index in [1.807, 2.05) is 22.8 Å². The Hall–Kier alpha value is -3.00. The van der Waals surface area contributed by atoms with Gasteiger partial charge in [-0.3, -0.25) is 9.36 Å². The van der Waals surface area contributed by atoms with Crippen LogP contribution in [0.3, 0.4) is 0 Å². The van der Waals surface area contributed by atoms with Gasteiger partial charge >= 0.3 is 0 Å². The van der Waals surface area contributed by atoms with Crippen LogP contribution in [-0.4, -0.2) is 33.5 Å². The molecule has 0 fully saturated rings. The molecule has 0 aliphatic carbocycles. The highest BCUT2D eigenvalue weighted by Crippen LogP contribution is 2.24. The molecule has 0 atom stereocenters. The smallest absolute Gasteiger partial charge is 0.234 e. The molecule has 8 heteroatoms. The average Bonchev–Trinajstić information content (AvgIpc) is 3.30. The highest BCUT2D eigenvalue weighted by atomic mass is 32.2. The van der Waals surface area contributed by atoms with Crippen LogP contribution in [0.1, 0.15) is 0 Å². The number of ether oxygens (including phenoxy) is 1.